The quantitative estimate of drug-likeness (QED) is 0.157. The van der Waals surface area contributed by atoms with Crippen molar-refractivity contribution >= 4 is 35.4 Å². The van der Waals surface area contributed by atoms with Crippen LogP contribution in [-0.4, -0.2) is 55.7 Å². The van der Waals surface area contributed by atoms with E-state index in [1.807, 2.05) is 0 Å². The van der Waals surface area contributed by atoms with Gasteiger partial charge in [-0.05, 0) is 44.3 Å². The highest BCUT2D eigenvalue weighted by molar-refractivity contribution is 7.80. The number of rotatable bonds is 10. The monoisotopic (exact) mass is 528 g/mol. The summed E-state index contributed by atoms with van der Waals surface area (Å²) in [5.41, 5.74) is 4.44. The van der Waals surface area contributed by atoms with Gasteiger partial charge in [0.15, 0.2) is 23.2 Å². The number of carbonyl (C=O) groups excluding carboxylic acids is 2. The van der Waals surface area contributed by atoms with Gasteiger partial charge in [0.1, 0.15) is 5.75 Å². The Bertz CT molecular complexity index is 1220. The number of allylic oxidation sites excluding steroid dienone is 1. The fraction of sp³-hybridized carbons (Fsp3) is 0.280. The maximum absolute atomic E-state index is 12.7. The predicted octanol–water partition coefficient (Wildman–Crippen LogP) is 2.29. The molecule has 0 unspecified atom stereocenters. The molecule has 11 nitrogen and oxygen atoms in total. The van der Waals surface area contributed by atoms with Gasteiger partial charge in [-0.2, -0.15) is 5.10 Å². The fourth-order valence-corrected chi connectivity index (χ4v) is 3.87. The van der Waals surface area contributed by atoms with Crippen molar-refractivity contribution in [3.63, 3.8) is 0 Å². The van der Waals surface area contributed by atoms with E-state index in [9.17, 15) is 14.7 Å². The molecular weight excluding hydrogens is 500 g/mol. The van der Waals surface area contributed by atoms with Crippen molar-refractivity contribution in [1.82, 2.24) is 16.1 Å². The van der Waals surface area contributed by atoms with Crippen molar-refractivity contribution in [2.45, 2.75) is 19.9 Å². The van der Waals surface area contributed by atoms with Crippen LogP contribution in [0.1, 0.15) is 31.0 Å². The molecule has 1 atom stereocenters. The number of thiocarbonyl (C=S) groups is 1. The molecule has 0 aliphatic carbocycles. The van der Waals surface area contributed by atoms with Crippen LogP contribution in [0.5, 0.6) is 23.0 Å². The highest BCUT2D eigenvalue weighted by Gasteiger charge is 2.32. The first-order chi connectivity index (χ1) is 17.8. The molecule has 0 saturated heterocycles. The van der Waals surface area contributed by atoms with E-state index >= 15 is 0 Å². The number of carbonyl (C=O) groups is 2. The second-order valence-electron chi connectivity index (χ2n) is 7.68. The number of nitrogens with zero attached hydrogens (tertiary/aromatic N) is 1. The summed E-state index contributed by atoms with van der Waals surface area (Å²) < 4.78 is 21.2. The molecule has 4 N–H and O–H groups in total. The zero-order valence-electron chi connectivity index (χ0n) is 20.8. The van der Waals surface area contributed by atoms with E-state index in [-0.39, 0.29) is 30.5 Å². The van der Waals surface area contributed by atoms with Crippen LogP contribution in [0.4, 0.5) is 0 Å². The van der Waals surface area contributed by atoms with Crippen LogP contribution in [0.25, 0.3) is 0 Å². The van der Waals surface area contributed by atoms with E-state index in [4.69, 9.17) is 31.2 Å². The first-order valence-electron chi connectivity index (χ1n) is 11.2. The van der Waals surface area contributed by atoms with Crippen LogP contribution >= 0.6 is 12.2 Å². The van der Waals surface area contributed by atoms with Gasteiger partial charge in [0, 0.05) is 16.8 Å². The molecule has 0 saturated carbocycles. The van der Waals surface area contributed by atoms with Gasteiger partial charge in [-0.25, -0.2) is 10.2 Å². The van der Waals surface area contributed by atoms with Gasteiger partial charge in [0.2, 0.25) is 5.75 Å². The number of ether oxygens (including phenoxy) is 4. The molecule has 0 aromatic heterocycles. The largest absolute Gasteiger partial charge is 0.502 e. The summed E-state index contributed by atoms with van der Waals surface area (Å²) >= 11 is 5.28. The fourth-order valence-electron chi connectivity index (χ4n) is 3.60. The summed E-state index contributed by atoms with van der Waals surface area (Å²) in [4.78, 5) is 25.0. The van der Waals surface area contributed by atoms with Gasteiger partial charge in [-0.1, -0.05) is 18.2 Å². The van der Waals surface area contributed by atoms with Crippen molar-refractivity contribution in [2.75, 3.05) is 27.4 Å². The Balaban J connectivity index is 1.71. The molecule has 0 radical (unpaired) electrons. The van der Waals surface area contributed by atoms with Crippen LogP contribution in [-0.2, 0) is 14.3 Å². The molecule has 196 valence electrons. The summed E-state index contributed by atoms with van der Waals surface area (Å²) in [5.74, 6) is -0.370. The van der Waals surface area contributed by atoms with Crippen molar-refractivity contribution in [3.05, 3.63) is 58.8 Å². The van der Waals surface area contributed by atoms with Gasteiger partial charge >= 0.3 is 5.97 Å². The Morgan fingerprint density at radius 1 is 1.16 bits per heavy atom. The van der Waals surface area contributed by atoms with E-state index in [2.05, 4.69) is 21.2 Å². The van der Waals surface area contributed by atoms with Gasteiger partial charge in [-0.15, -0.1) is 0 Å². The second-order valence-corrected chi connectivity index (χ2v) is 8.09. The van der Waals surface area contributed by atoms with Crippen molar-refractivity contribution < 1.29 is 33.6 Å². The third-order valence-corrected chi connectivity index (χ3v) is 5.48. The first-order valence-corrected chi connectivity index (χ1v) is 11.6. The molecule has 3 rings (SSSR count). The third-order valence-electron chi connectivity index (χ3n) is 5.26. The molecule has 1 aliphatic rings. The van der Waals surface area contributed by atoms with Crippen molar-refractivity contribution in [3.8, 4) is 23.0 Å². The smallest absolute Gasteiger partial charge is 0.338 e. The first kappa shape index (κ1) is 27.3. The number of nitrogens with one attached hydrogen (secondary N) is 3. The van der Waals surface area contributed by atoms with Gasteiger partial charge < -0.3 is 34.7 Å². The third kappa shape index (κ3) is 6.67. The number of para-hydroxylation sites is 1. The lowest BCUT2D eigenvalue weighted by Gasteiger charge is -2.30. The molecule has 2 aromatic carbocycles. The van der Waals surface area contributed by atoms with Crippen molar-refractivity contribution in [1.29, 1.82) is 0 Å². The summed E-state index contributed by atoms with van der Waals surface area (Å²) in [5, 5.41) is 20.3. The number of aromatic hydroxyl groups is 1. The minimum absolute atomic E-state index is 0.140. The molecule has 0 fully saturated rings. The highest BCUT2D eigenvalue weighted by Crippen LogP contribution is 2.36. The Labute approximate surface area is 219 Å². The predicted molar refractivity (Wildman–Crippen MR) is 140 cm³/mol. The molecule has 1 aliphatic heterocycles. The summed E-state index contributed by atoms with van der Waals surface area (Å²) in [7, 11) is 2.82. The molecular formula is C25H28N4O7S. The summed E-state index contributed by atoms with van der Waals surface area (Å²) in [6.45, 7) is 3.34. The van der Waals surface area contributed by atoms with E-state index in [1.54, 1.807) is 38.1 Å². The maximum Gasteiger partial charge on any atom is 0.338 e. The maximum atomic E-state index is 12.7. The molecule has 2 aromatic rings. The van der Waals surface area contributed by atoms with Crippen LogP contribution in [0, 0.1) is 0 Å². The van der Waals surface area contributed by atoms with Crippen LogP contribution in [0.3, 0.4) is 0 Å². The number of benzene rings is 2. The number of phenolic OH excluding ortho intramolecular Hbond substituents is 1. The van der Waals surface area contributed by atoms with Gasteiger partial charge in [0.05, 0.1) is 38.7 Å². The molecule has 0 spiro atoms. The van der Waals surface area contributed by atoms with Gasteiger partial charge in [-0.3, -0.25) is 4.79 Å². The summed E-state index contributed by atoms with van der Waals surface area (Å²) in [6.07, 6.45) is 1.37. The summed E-state index contributed by atoms with van der Waals surface area (Å²) in [6, 6.07) is 9.43. The van der Waals surface area contributed by atoms with Crippen molar-refractivity contribution in [2.24, 2.45) is 5.10 Å². The van der Waals surface area contributed by atoms with E-state index in [0.29, 0.717) is 33.3 Å². The van der Waals surface area contributed by atoms with E-state index in [1.165, 1.54) is 32.6 Å². The minimum atomic E-state index is -0.635. The Hall–Kier alpha value is -4.32. The zero-order chi connectivity index (χ0) is 26.9. The topological polar surface area (TPSA) is 140 Å². The standard InChI is InChI=1S/C25H28N4O7S/c1-5-35-24(32)21-14(2)27-25(37)28-22(21)16-8-6-7-9-17(16)36-13-20(30)29-26-12-15-10-18(33-3)23(31)19(11-15)34-4/h6-12,22,31H,5,13H2,1-4H3,(H,29,30)(H2,27,28,37)/t22-/m0/s1. The lowest BCUT2D eigenvalue weighted by atomic mass is 9.95. The Kier molecular flexibility index (Phi) is 9.27. The van der Waals surface area contributed by atoms with E-state index in [0.717, 1.165) is 0 Å². The number of hydrazone groups is 1. The number of phenols is 1. The molecule has 12 heteroatoms. The minimum Gasteiger partial charge on any atom is -0.502 e. The average Bonchev–Trinajstić information content (AvgIpc) is 2.88. The molecule has 0 bridgehead atoms. The van der Waals surface area contributed by atoms with Crippen LogP contribution < -0.4 is 30.3 Å². The second kappa shape index (κ2) is 12.6. The molecule has 1 heterocycles. The van der Waals surface area contributed by atoms with Crippen LogP contribution in [0.2, 0.25) is 0 Å². The van der Waals surface area contributed by atoms with Crippen LogP contribution in [0.15, 0.2) is 52.8 Å². The average molecular weight is 529 g/mol. The zero-order valence-corrected chi connectivity index (χ0v) is 21.6. The molecule has 1 amide bonds. The lowest BCUT2D eigenvalue weighted by Crippen LogP contribution is -2.45. The number of methoxy groups -OCH3 is 2. The number of amides is 1. The Morgan fingerprint density at radius 2 is 1.84 bits per heavy atom. The van der Waals surface area contributed by atoms with E-state index < -0.39 is 17.9 Å². The highest BCUT2D eigenvalue weighted by atomic mass is 32.1. The lowest BCUT2D eigenvalue weighted by molar-refractivity contribution is -0.139. The number of hydrogen-bond donors (Lipinski definition) is 4. The number of hydrogen-bond acceptors (Lipinski definition) is 9. The normalized spacial score (nSPS) is 15.0. The molecule has 37 heavy (non-hydrogen) atoms. The SMILES string of the molecule is CCOC(=O)C1=C(C)NC(=S)N[C@H]1c1ccccc1OCC(=O)NN=Cc1cc(OC)c(O)c(OC)c1. The number of esters is 1. The van der Waals surface area contributed by atoms with Gasteiger partial charge in [0.25, 0.3) is 5.91 Å². The Morgan fingerprint density at radius 3 is 2.49 bits per heavy atom.